The van der Waals surface area contributed by atoms with Crippen LogP contribution in [0, 0.1) is 0 Å². The maximum atomic E-state index is 12.1. The minimum Gasteiger partial charge on any atom is -0.404 e. The molecule has 9 heteroatoms. The third-order valence-electron chi connectivity index (χ3n) is 2.81. The third-order valence-corrected chi connectivity index (χ3v) is 2.81. The summed E-state index contributed by atoms with van der Waals surface area (Å²) in [7, 11) is 0. The van der Waals surface area contributed by atoms with Crippen molar-refractivity contribution in [3.05, 3.63) is 23.8 Å². The molecule has 0 bridgehead atoms. The van der Waals surface area contributed by atoms with Crippen molar-refractivity contribution in [2.75, 3.05) is 25.4 Å². The molecule has 1 aliphatic rings. The van der Waals surface area contributed by atoms with Crippen molar-refractivity contribution in [1.29, 1.82) is 0 Å². The number of nitrogen functional groups attached to an aromatic ring is 1. The number of nitrogens with zero attached hydrogens (tertiary/aromatic N) is 1. The van der Waals surface area contributed by atoms with Crippen LogP contribution >= 0.6 is 0 Å². The molecule has 114 valence electrons. The summed E-state index contributed by atoms with van der Waals surface area (Å²) in [6.45, 7) is 0.556. The van der Waals surface area contributed by atoms with Gasteiger partial charge in [0.15, 0.2) is 5.75 Å². The monoisotopic (exact) mass is 303 g/mol. The zero-order chi connectivity index (χ0) is 15.6. The molecule has 3 N–H and O–H groups in total. The number of rotatable bonds is 2. The predicted molar refractivity (Wildman–Crippen MR) is 66.5 cm³/mol. The molecule has 0 spiro atoms. The van der Waals surface area contributed by atoms with Crippen LogP contribution in [-0.4, -0.2) is 42.7 Å². The van der Waals surface area contributed by atoms with Gasteiger partial charge in [0.1, 0.15) is 0 Å². The number of piperazine rings is 1. The minimum atomic E-state index is -4.86. The lowest BCUT2D eigenvalue weighted by molar-refractivity contribution is -0.274. The fraction of sp³-hybridized carbons (Fsp3) is 0.333. The van der Waals surface area contributed by atoms with Crippen molar-refractivity contribution in [3.63, 3.8) is 0 Å². The van der Waals surface area contributed by atoms with E-state index in [2.05, 4.69) is 10.1 Å². The summed E-state index contributed by atoms with van der Waals surface area (Å²) in [4.78, 5) is 24.6. The fourth-order valence-electron chi connectivity index (χ4n) is 1.89. The molecule has 0 unspecified atom stereocenters. The fourth-order valence-corrected chi connectivity index (χ4v) is 1.89. The van der Waals surface area contributed by atoms with E-state index in [1.165, 1.54) is 11.0 Å². The number of benzene rings is 1. The Balaban J connectivity index is 2.15. The Labute approximate surface area is 117 Å². The number of hydrogen-bond acceptors (Lipinski definition) is 4. The molecular weight excluding hydrogens is 291 g/mol. The minimum absolute atomic E-state index is 0.0942. The molecule has 0 atom stereocenters. The first-order chi connectivity index (χ1) is 9.76. The topological polar surface area (TPSA) is 84.7 Å². The number of ether oxygens (including phenoxy) is 1. The number of nitrogens with one attached hydrogen (secondary N) is 1. The van der Waals surface area contributed by atoms with Crippen molar-refractivity contribution >= 4 is 17.5 Å². The highest BCUT2D eigenvalue weighted by molar-refractivity contribution is 5.98. The molecule has 2 amide bonds. The van der Waals surface area contributed by atoms with Gasteiger partial charge in [-0.3, -0.25) is 9.59 Å². The first-order valence-electron chi connectivity index (χ1n) is 5.97. The van der Waals surface area contributed by atoms with E-state index in [0.29, 0.717) is 13.1 Å². The summed E-state index contributed by atoms with van der Waals surface area (Å²) in [5.74, 6) is -1.34. The molecule has 1 fully saturated rings. The van der Waals surface area contributed by atoms with E-state index >= 15 is 0 Å². The Hall–Kier alpha value is -2.45. The third kappa shape index (κ3) is 3.77. The van der Waals surface area contributed by atoms with Crippen LogP contribution < -0.4 is 15.8 Å². The molecule has 0 radical (unpaired) electrons. The highest BCUT2D eigenvalue weighted by Gasteiger charge is 2.32. The first kappa shape index (κ1) is 14.9. The average Bonchev–Trinajstić information content (AvgIpc) is 2.39. The van der Waals surface area contributed by atoms with Crippen molar-refractivity contribution in [2.45, 2.75) is 6.36 Å². The lowest BCUT2D eigenvalue weighted by atomic mass is 10.1. The number of carbonyl (C=O) groups is 2. The highest BCUT2D eigenvalue weighted by atomic mass is 19.4. The van der Waals surface area contributed by atoms with Gasteiger partial charge in [-0.2, -0.15) is 0 Å². The van der Waals surface area contributed by atoms with Crippen LogP contribution in [-0.2, 0) is 4.79 Å². The number of nitrogens with two attached hydrogens (primary N) is 1. The largest absolute Gasteiger partial charge is 0.573 e. The number of anilines is 1. The van der Waals surface area contributed by atoms with Crippen molar-refractivity contribution in [1.82, 2.24) is 10.2 Å². The Bertz CT molecular complexity index is 575. The summed E-state index contributed by atoms with van der Waals surface area (Å²) in [5, 5.41) is 2.56. The summed E-state index contributed by atoms with van der Waals surface area (Å²) >= 11 is 0. The summed E-state index contributed by atoms with van der Waals surface area (Å²) in [6.07, 6.45) is -4.86. The number of halogens is 3. The van der Waals surface area contributed by atoms with E-state index in [1.807, 2.05) is 0 Å². The zero-order valence-electron chi connectivity index (χ0n) is 10.7. The smallest absolute Gasteiger partial charge is 0.404 e. The van der Waals surface area contributed by atoms with Gasteiger partial charge in [-0.1, -0.05) is 0 Å². The van der Waals surface area contributed by atoms with Crippen LogP contribution in [0.25, 0.3) is 0 Å². The van der Waals surface area contributed by atoms with E-state index in [-0.39, 0.29) is 23.7 Å². The van der Waals surface area contributed by atoms with E-state index < -0.39 is 18.0 Å². The van der Waals surface area contributed by atoms with Crippen LogP contribution in [0.3, 0.4) is 0 Å². The SMILES string of the molecule is Nc1cc(C(=O)N2CCNC(=O)C2)ccc1OC(F)(F)F. The lowest BCUT2D eigenvalue weighted by Crippen LogP contribution is -2.49. The van der Waals surface area contributed by atoms with E-state index in [0.717, 1.165) is 12.1 Å². The molecule has 1 heterocycles. The summed E-state index contributed by atoms with van der Waals surface area (Å²) in [6, 6.07) is 3.24. The second-order valence-corrected chi connectivity index (χ2v) is 4.38. The van der Waals surface area contributed by atoms with E-state index in [4.69, 9.17) is 5.73 Å². The zero-order valence-corrected chi connectivity index (χ0v) is 10.7. The first-order valence-corrected chi connectivity index (χ1v) is 5.97. The molecule has 0 aliphatic carbocycles. The molecule has 1 aromatic rings. The number of alkyl halides is 3. The summed E-state index contributed by atoms with van der Waals surface area (Å²) in [5.41, 5.74) is 5.24. The van der Waals surface area contributed by atoms with Crippen LogP contribution in [0.5, 0.6) is 5.75 Å². The van der Waals surface area contributed by atoms with E-state index in [1.54, 1.807) is 0 Å². The maximum absolute atomic E-state index is 12.1. The lowest BCUT2D eigenvalue weighted by Gasteiger charge is -2.26. The normalized spacial score (nSPS) is 15.6. The number of hydrogen-bond donors (Lipinski definition) is 2. The Kier molecular flexibility index (Phi) is 3.92. The average molecular weight is 303 g/mol. The van der Waals surface area contributed by atoms with Gasteiger partial charge in [-0.05, 0) is 18.2 Å². The predicted octanol–water partition coefficient (Wildman–Crippen LogP) is 0.739. The van der Waals surface area contributed by atoms with Gasteiger partial charge in [0.05, 0.1) is 12.2 Å². The Morgan fingerprint density at radius 3 is 2.67 bits per heavy atom. The molecule has 21 heavy (non-hydrogen) atoms. The second-order valence-electron chi connectivity index (χ2n) is 4.38. The standard InChI is InChI=1S/C12H12F3N3O3/c13-12(14,15)21-9-2-1-7(5-8(9)16)11(20)18-4-3-17-10(19)6-18/h1-2,5H,3-4,6,16H2,(H,17,19). The molecule has 1 aliphatic heterocycles. The van der Waals surface area contributed by atoms with Gasteiger partial charge in [0.25, 0.3) is 5.91 Å². The molecular formula is C12H12F3N3O3. The highest BCUT2D eigenvalue weighted by Crippen LogP contribution is 2.29. The molecule has 0 aromatic heterocycles. The van der Waals surface area contributed by atoms with Crippen molar-refractivity contribution in [3.8, 4) is 5.75 Å². The molecule has 1 aromatic carbocycles. The maximum Gasteiger partial charge on any atom is 0.573 e. The molecule has 0 saturated carbocycles. The quantitative estimate of drug-likeness (QED) is 0.789. The van der Waals surface area contributed by atoms with Gasteiger partial charge in [-0.15, -0.1) is 13.2 Å². The molecule has 1 saturated heterocycles. The molecule has 2 rings (SSSR count). The van der Waals surface area contributed by atoms with Crippen molar-refractivity contribution in [2.24, 2.45) is 0 Å². The van der Waals surface area contributed by atoms with Crippen molar-refractivity contribution < 1.29 is 27.5 Å². The molecule has 6 nitrogen and oxygen atoms in total. The van der Waals surface area contributed by atoms with Gasteiger partial charge < -0.3 is 20.7 Å². The number of amides is 2. The number of carbonyl (C=O) groups excluding carboxylic acids is 2. The Morgan fingerprint density at radius 2 is 2.10 bits per heavy atom. The van der Waals surface area contributed by atoms with E-state index in [9.17, 15) is 22.8 Å². The van der Waals surface area contributed by atoms with Crippen LogP contribution in [0.1, 0.15) is 10.4 Å². The Morgan fingerprint density at radius 1 is 1.38 bits per heavy atom. The second kappa shape index (κ2) is 5.51. The van der Waals surface area contributed by atoms with Gasteiger partial charge in [0.2, 0.25) is 5.91 Å². The van der Waals surface area contributed by atoms with Gasteiger partial charge in [0, 0.05) is 18.7 Å². The summed E-state index contributed by atoms with van der Waals surface area (Å²) < 4.78 is 40.1. The van der Waals surface area contributed by atoms with Gasteiger partial charge >= 0.3 is 6.36 Å². The van der Waals surface area contributed by atoms with Crippen LogP contribution in [0.15, 0.2) is 18.2 Å². The van der Waals surface area contributed by atoms with Gasteiger partial charge in [-0.25, -0.2) is 0 Å². The van der Waals surface area contributed by atoms with Crippen LogP contribution in [0.4, 0.5) is 18.9 Å². The van der Waals surface area contributed by atoms with Crippen LogP contribution in [0.2, 0.25) is 0 Å².